The van der Waals surface area contributed by atoms with Gasteiger partial charge in [0.2, 0.25) is 0 Å². The highest BCUT2D eigenvalue weighted by molar-refractivity contribution is 6.03. The van der Waals surface area contributed by atoms with Gasteiger partial charge >= 0.3 is 0 Å². The van der Waals surface area contributed by atoms with Crippen LogP contribution >= 0.6 is 0 Å². The Morgan fingerprint density at radius 3 is 2.72 bits per heavy atom. The van der Waals surface area contributed by atoms with Crippen LogP contribution in [0.25, 0.3) is 17.1 Å². The summed E-state index contributed by atoms with van der Waals surface area (Å²) in [5.41, 5.74) is 3.49. The number of hydrogen-bond donors (Lipinski definition) is 2. The van der Waals surface area contributed by atoms with Gasteiger partial charge in [-0.05, 0) is 49.4 Å². The van der Waals surface area contributed by atoms with Crippen LogP contribution in [0.4, 0.5) is 5.69 Å². The summed E-state index contributed by atoms with van der Waals surface area (Å²) in [5, 5.41) is 14.0. The number of aromatic nitrogens is 4. The summed E-state index contributed by atoms with van der Waals surface area (Å²) in [6, 6.07) is 14.6. The van der Waals surface area contributed by atoms with Crippen LogP contribution in [0, 0.1) is 6.92 Å². The third-order valence-corrected chi connectivity index (χ3v) is 3.71. The highest BCUT2D eigenvalue weighted by Crippen LogP contribution is 2.19. The first kappa shape index (κ1) is 14.9. The van der Waals surface area contributed by atoms with Gasteiger partial charge in [0.1, 0.15) is 5.69 Å². The first-order valence-corrected chi connectivity index (χ1v) is 7.72. The minimum Gasteiger partial charge on any atom is -0.463 e. The van der Waals surface area contributed by atoms with Crippen molar-refractivity contribution in [3.05, 3.63) is 72.4 Å². The monoisotopic (exact) mass is 333 g/mol. The Bertz CT molecular complexity index is 996. The molecule has 7 nitrogen and oxygen atoms in total. The van der Waals surface area contributed by atoms with Crippen molar-refractivity contribution in [2.45, 2.75) is 6.92 Å². The van der Waals surface area contributed by atoms with Crippen LogP contribution in [-0.4, -0.2) is 25.9 Å². The van der Waals surface area contributed by atoms with Crippen molar-refractivity contribution >= 4 is 11.6 Å². The number of H-pyrrole nitrogens is 1. The number of benzene rings is 1. The molecule has 0 saturated heterocycles. The summed E-state index contributed by atoms with van der Waals surface area (Å²) in [7, 11) is 0. The van der Waals surface area contributed by atoms with Gasteiger partial charge in [-0.1, -0.05) is 0 Å². The molecular formula is C18H15N5O2. The summed E-state index contributed by atoms with van der Waals surface area (Å²) < 4.78 is 7.06. The van der Waals surface area contributed by atoms with Crippen LogP contribution in [0.3, 0.4) is 0 Å². The van der Waals surface area contributed by atoms with Gasteiger partial charge in [-0.15, -0.1) is 0 Å². The van der Waals surface area contributed by atoms with Crippen LogP contribution in [-0.2, 0) is 0 Å². The van der Waals surface area contributed by atoms with Crippen LogP contribution in [0.15, 0.2) is 65.4 Å². The third-order valence-electron chi connectivity index (χ3n) is 3.71. The Kier molecular flexibility index (Phi) is 3.66. The van der Waals surface area contributed by atoms with Gasteiger partial charge in [0.25, 0.3) is 5.91 Å². The lowest BCUT2D eigenvalue weighted by Crippen LogP contribution is -2.12. The van der Waals surface area contributed by atoms with E-state index in [0.29, 0.717) is 17.1 Å². The zero-order valence-electron chi connectivity index (χ0n) is 13.4. The summed E-state index contributed by atoms with van der Waals surface area (Å²) in [6.07, 6.45) is 3.46. The maximum Gasteiger partial charge on any atom is 0.276 e. The van der Waals surface area contributed by atoms with Crippen molar-refractivity contribution in [2.24, 2.45) is 0 Å². The molecule has 0 aliphatic carbocycles. The molecule has 0 aliphatic rings. The first-order chi connectivity index (χ1) is 12.2. The van der Waals surface area contributed by atoms with Gasteiger partial charge in [0.05, 0.1) is 17.6 Å². The average molecular weight is 333 g/mol. The third kappa shape index (κ3) is 3.07. The fourth-order valence-electron chi connectivity index (χ4n) is 2.45. The van der Waals surface area contributed by atoms with E-state index in [9.17, 15) is 4.79 Å². The van der Waals surface area contributed by atoms with Crippen molar-refractivity contribution in [3.8, 4) is 17.1 Å². The Balaban J connectivity index is 1.47. The molecule has 3 heterocycles. The van der Waals surface area contributed by atoms with Crippen molar-refractivity contribution < 1.29 is 9.21 Å². The lowest BCUT2D eigenvalue weighted by Gasteiger charge is -2.05. The number of hydrogen-bond acceptors (Lipinski definition) is 4. The molecular weight excluding hydrogens is 318 g/mol. The molecule has 0 fully saturated rings. The molecule has 1 aromatic carbocycles. The maximum absolute atomic E-state index is 12.3. The highest BCUT2D eigenvalue weighted by atomic mass is 16.3. The number of rotatable bonds is 4. The Labute approximate surface area is 143 Å². The quantitative estimate of drug-likeness (QED) is 0.599. The second-order valence-corrected chi connectivity index (χ2v) is 5.55. The lowest BCUT2D eigenvalue weighted by atomic mass is 10.2. The highest BCUT2D eigenvalue weighted by Gasteiger charge is 2.13. The van der Waals surface area contributed by atoms with Gasteiger partial charge in [-0.3, -0.25) is 9.89 Å². The van der Waals surface area contributed by atoms with E-state index in [1.807, 2.05) is 43.5 Å². The number of anilines is 1. The number of carbonyl (C=O) groups excluding carboxylic acids is 1. The number of furan rings is 1. The van der Waals surface area contributed by atoms with E-state index < -0.39 is 0 Å². The van der Waals surface area contributed by atoms with E-state index in [0.717, 1.165) is 11.4 Å². The van der Waals surface area contributed by atoms with Crippen LogP contribution in [0.5, 0.6) is 0 Å². The predicted molar refractivity (Wildman–Crippen MR) is 92.5 cm³/mol. The molecule has 0 saturated carbocycles. The molecule has 0 atom stereocenters. The van der Waals surface area contributed by atoms with Crippen molar-refractivity contribution in [1.82, 2.24) is 20.0 Å². The fraction of sp³-hybridized carbons (Fsp3) is 0.0556. The SMILES string of the molecule is Cc1ccn(-c2ccc(NC(=O)c3cc(-c4ccco4)[nH]n3)cc2)n1. The van der Waals surface area contributed by atoms with E-state index in [1.54, 1.807) is 29.1 Å². The summed E-state index contributed by atoms with van der Waals surface area (Å²) >= 11 is 0. The van der Waals surface area contributed by atoms with E-state index in [-0.39, 0.29) is 11.6 Å². The molecule has 0 radical (unpaired) electrons. The van der Waals surface area contributed by atoms with Gasteiger partial charge in [0, 0.05) is 18.0 Å². The first-order valence-electron chi connectivity index (χ1n) is 7.72. The Hall–Kier alpha value is -3.61. The Morgan fingerprint density at radius 1 is 1.20 bits per heavy atom. The molecule has 1 amide bonds. The number of carbonyl (C=O) groups is 1. The van der Waals surface area contributed by atoms with Crippen LogP contribution in [0.1, 0.15) is 16.2 Å². The number of nitrogens with zero attached hydrogens (tertiary/aromatic N) is 3. The normalized spacial score (nSPS) is 10.8. The largest absolute Gasteiger partial charge is 0.463 e. The molecule has 25 heavy (non-hydrogen) atoms. The number of nitrogens with one attached hydrogen (secondary N) is 2. The summed E-state index contributed by atoms with van der Waals surface area (Å²) in [4.78, 5) is 12.3. The fourth-order valence-corrected chi connectivity index (χ4v) is 2.45. The minimum atomic E-state index is -0.295. The van der Waals surface area contributed by atoms with E-state index in [1.165, 1.54) is 0 Å². The topological polar surface area (TPSA) is 88.7 Å². The Morgan fingerprint density at radius 2 is 2.04 bits per heavy atom. The van der Waals surface area contributed by atoms with Gasteiger partial charge in [-0.25, -0.2) is 4.68 Å². The van der Waals surface area contributed by atoms with Crippen LogP contribution < -0.4 is 5.32 Å². The zero-order valence-corrected chi connectivity index (χ0v) is 13.4. The zero-order chi connectivity index (χ0) is 17.2. The molecule has 0 bridgehead atoms. The molecule has 2 N–H and O–H groups in total. The number of aryl methyl sites for hydroxylation is 1. The molecule has 0 aliphatic heterocycles. The number of amides is 1. The van der Waals surface area contributed by atoms with Crippen molar-refractivity contribution in [3.63, 3.8) is 0 Å². The molecule has 4 aromatic rings. The maximum atomic E-state index is 12.3. The average Bonchev–Trinajstić information content (AvgIpc) is 3.36. The van der Waals surface area contributed by atoms with Gasteiger partial charge < -0.3 is 9.73 Å². The molecule has 3 aromatic heterocycles. The summed E-state index contributed by atoms with van der Waals surface area (Å²) in [6.45, 7) is 1.94. The second kappa shape index (κ2) is 6.12. The van der Waals surface area contributed by atoms with Gasteiger partial charge in [0.15, 0.2) is 11.5 Å². The molecule has 0 unspecified atom stereocenters. The van der Waals surface area contributed by atoms with Crippen LogP contribution in [0.2, 0.25) is 0 Å². The minimum absolute atomic E-state index is 0.290. The smallest absolute Gasteiger partial charge is 0.276 e. The molecule has 0 spiro atoms. The van der Waals surface area contributed by atoms with Crippen molar-refractivity contribution in [1.29, 1.82) is 0 Å². The van der Waals surface area contributed by atoms with Gasteiger partial charge in [-0.2, -0.15) is 10.2 Å². The predicted octanol–water partition coefficient (Wildman–Crippen LogP) is 3.42. The molecule has 4 rings (SSSR count). The van der Waals surface area contributed by atoms with E-state index in [2.05, 4.69) is 20.6 Å². The standard InChI is InChI=1S/C18H15N5O2/c1-12-8-9-23(22-12)14-6-4-13(5-7-14)19-18(24)16-11-15(20-21-16)17-3-2-10-25-17/h2-11H,1H3,(H,19,24)(H,20,21). The molecule has 7 heteroatoms. The summed E-state index contributed by atoms with van der Waals surface area (Å²) in [5.74, 6) is 0.335. The van der Waals surface area contributed by atoms with Crippen molar-refractivity contribution in [2.75, 3.05) is 5.32 Å². The second-order valence-electron chi connectivity index (χ2n) is 5.55. The molecule has 124 valence electrons. The lowest BCUT2D eigenvalue weighted by molar-refractivity contribution is 0.102. The van der Waals surface area contributed by atoms with E-state index >= 15 is 0 Å². The number of aromatic amines is 1. The van der Waals surface area contributed by atoms with E-state index in [4.69, 9.17) is 4.42 Å².